The zero-order valence-electron chi connectivity index (χ0n) is 10.8. The number of carbonyl (C=O) groups excluding carboxylic acids is 1. The Balaban J connectivity index is 2.16. The minimum absolute atomic E-state index is 0.277. The first-order valence-corrected chi connectivity index (χ1v) is 8.31. The molecule has 0 aliphatic rings. The van der Waals surface area contributed by atoms with Crippen molar-refractivity contribution in [1.29, 1.82) is 0 Å². The molecule has 21 heavy (non-hydrogen) atoms. The molecule has 0 saturated carbocycles. The number of carbonyl (C=O) groups is 1. The molecule has 0 bridgehead atoms. The van der Waals surface area contributed by atoms with Crippen LogP contribution in [-0.4, -0.2) is 14.5 Å². The first-order valence-electron chi connectivity index (χ1n) is 6.00. The Morgan fingerprint density at radius 3 is 2.33 bits per heavy atom. The fourth-order valence-electron chi connectivity index (χ4n) is 1.79. The van der Waals surface area contributed by atoms with Crippen molar-refractivity contribution in [2.24, 2.45) is 0 Å². The van der Waals surface area contributed by atoms with Crippen LogP contribution in [0.15, 0.2) is 54.6 Å². The molecule has 0 atom stereocenters. The van der Waals surface area contributed by atoms with Crippen molar-refractivity contribution in [2.45, 2.75) is 6.42 Å². The van der Waals surface area contributed by atoms with Crippen LogP contribution < -0.4 is 9.46 Å². The molecule has 0 aromatic heterocycles. The van der Waals surface area contributed by atoms with E-state index in [2.05, 4.69) is 0 Å². The second kappa shape index (κ2) is 6.60. The summed E-state index contributed by atoms with van der Waals surface area (Å²) in [5, 5.41) is 0. The van der Waals surface area contributed by atoms with Gasteiger partial charge in [0.2, 0.25) is 0 Å². The highest BCUT2D eigenvalue weighted by Crippen LogP contribution is 2.21. The van der Waals surface area contributed by atoms with Crippen molar-refractivity contribution in [3.8, 4) is 5.75 Å². The van der Waals surface area contributed by atoms with Gasteiger partial charge >= 0.3 is 15.3 Å². The summed E-state index contributed by atoms with van der Waals surface area (Å²) in [5.41, 5.74) is 1.80. The first-order chi connectivity index (χ1) is 9.94. The van der Waals surface area contributed by atoms with E-state index in [1.807, 2.05) is 30.3 Å². The van der Waals surface area contributed by atoms with Gasteiger partial charge in [0, 0.05) is 17.1 Å². The molecule has 0 saturated heterocycles. The van der Waals surface area contributed by atoms with Crippen LogP contribution in [0.3, 0.4) is 0 Å². The minimum atomic E-state index is -4.17. The fraction of sp³-hybridized carbons (Fsp3) is 0.0714. The number of ether oxygens (including phenoxy) is 1. The number of hydrogen-bond acceptors (Lipinski definition) is 4. The summed E-state index contributed by atoms with van der Waals surface area (Å²) in [4.78, 5) is 11.4. The van der Waals surface area contributed by atoms with Gasteiger partial charge in [0.1, 0.15) is 5.75 Å². The van der Waals surface area contributed by atoms with E-state index in [4.69, 9.17) is 15.4 Å². The van der Waals surface area contributed by atoms with Crippen LogP contribution in [-0.2, 0) is 15.7 Å². The number of nitrogens with one attached hydrogen (secondary N) is 1. The third kappa shape index (κ3) is 5.09. The lowest BCUT2D eigenvalue weighted by atomic mass is 10.0. The van der Waals surface area contributed by atoms with E-state index in [-0.39, 0.29) is 5.75 Å². The maximum Gasteiger partial charge on any atom is 0.427 e. The summed E-state index contributed by atoms with van der Waals surface area (Å²) in [7, 11) is 0.757. The molecule has 2 aromatic rings. The van der Waals surface area contributed by atoms with Gasteiger partial charge in [0.25, 0.3) is 0 Å². The minimum Gasteiger partial charge on any atom is -0.409 e. The zero-order chi connectivity index (χ0) is 15.3. The maximum absolute atomic E-state index is 11.4. The predicted molar refractivity (Wildman–Crippen MR) is 79.6 cm³/mol. The number of hydrogen-bond donors (Lipinski definition) is 1. The van der Waals surface area contributed by atoms with Crippen molar-refractivity contribution in [1.82, 2.24) is 4.72 Å². The monoisotopic (exact) mass is 325 g/mol. The van der Waals surface area contributed by atoms with Crippen molar-refractivity contribution in [2.75, 3.05) is 0 Å². The van der Waals surface area contributed by atoms with E-state index in [0.717, 1.165) is 11.1 Å². The Kier molecular flexibility index (Phi) is 4.82. The standard InChI is InChI=1S/C14H12ClNO4S/c15-21(18,19)16-14(17)20-13-9-5-4-8-12(13)10-11-6-2-1-3-7-11/h1-9H,10H2,(H,16,17). The maximum atomic E-state index is 11.4. The molecule has 7 heteroatoms. The lowest BCUT2D eigenvalue weighted by Gasteiger charge is -2.10. The summed E-state index contributed by atoms with van der Waals surface area (Å²) in [6.07, 6.45) is -0.594. The molecule has 0 heterocycles. The van der Waals surface area contributed by atoms with Crippen LogP contribution in [0.25, 0.3) is 0 Å². The first kappa shape index (κ1) is 15.3. The normalized spacial score (nSPS) is 10.9. The summed E-state index contributed by atoms with van der Waals surface area (Å²) in [6.45, 7) is 0. The molecule has 0 aliphatic carbocycles. The summed E-state index contributed by atoms with van der Waals surface area (Å²) >= 11 is 0. The smallest absolute Gasteiger partial charge is 0.409 e. The number of benzene rings is 2. The van der Waals surface area contributed by atoms with Gasteiger partial charge in [-0.1, -0.05) is 48.5 Å². The Hall–Kier alpha value is -2.05. The predicted octanol–water partition coefficient (Wildman–Crippen LogP) is 2.85. The summed E-state index contributed by atoms with van der Waals surface area (Å²) in [5.74, 6) is 0.277. The van der Waals surface area contributed by atoms with Gasteiger partial charge in [-0.3, -0.25) is 0 Å². The molecule has 0 spiro atoms. The molecular weight excluding hydrogens is 314 g/mol. The van der Waals surface area contributed by atoms with Gasteiger partial charge in [-0.05, 0) is 17.2 Å². The van der Waals surface area contributed by atoms with Gasteiger partial charge in [0.05, 0.1) is 0 Å². The lowest BCUT2D eigenvalue weighted by molar-refractivity contribution is 0.206. The van der Waals surface area contributed by atoms with Crippen molar-refractivity contribution in [3.05, 3.63) is 65.7 Å². The summed E-state index contributed by atoms with van der Waals surface area (Å²) in [6, 6.07) is 16.5. The van der Waals surface area contributed by atoms with E-state index in [0.29, 0.717) is 6.42 Å². The number of para-hydroxylation sites is 1. The number of halogens is 1. The Bertz CT molecular complexity index is 732. The molecule has 0 fully saturated rings. The van der Waals surface area contributed by atoms with Crippen molar-refractivity contribution >= 4 is 26.0 Å². The second-order valence-corrected chi connectivity index (χ2v) is 6.50. The van der Waals surface area contributed by atoms with Crippen LogP contribution in [0.4, 0.5) is 4.79 Å². The topological polar surface area (TPSA) is 72.5 Å². The largest absolute Gasteiger partial charge is 0.427 e. The fourth-order valence-corrected chi connectivity index (χ4v) is 2.22. The number of amides is 1. The van der Waals surface area contributed by atoms with Crippen molar-refractivity contribution in [3.63, 3.8) is 0 Å². The van der Waals surface area contributed by atoms with Crippen LogP contribution in [0.1, 0.15) is 11.1 Å². The Labute approximate surface area is 127 Å². The van der Waals surface area contributed by atoms with E-state index < -0.39 is 15.3 Å². The van der Waals surface area contributed by atoms with Gasteiger partial charge in [-0.25, -0.2) is 9.52 Å². The van der Waals surface area contributed by atoms with Gasteiger partial charge in [-0.15, -0.1) is 0 Å². The van der Waals surface area contributed by atoms with Crippen LogP contribution >= 0.6 is 10.7 Å². The Morgan fingerprint density at radius 1 is 1.05 bits per heavy atom. The zero-order valence-corrected chi connectivity index (χ0v) is 12.4. The van der Waals surface area contributed by atoms with Gasteiger partial charge < -0.3 is 4.74 Å². The second-order valence-electron chi connectivity index (χ2n) is 4.20. The van der Waals surface area contributed by atoms with Crippen LogP contribution in [0.2, 0.25) is 0 Å². The molecular formula is C14H12ClNO4S. The molecule has 110 valence electrons. The number of rotatable bonds is 4. The van der Waals surface area contributed by atoms with Crippen LogP contribution in [0, 0.1) is 0 Å². The Morgan fingerprint density at radius 2 is 1.67 bits per heavy atom. The van der Waals surface area contributed by atoms with E-state index in [1.54, 1.807) is 24.3 Å². The summed E-state index contributed by atoms with van der Waals surface area (Å²) < 4.78 is 28.0. The van der Waals surface area contributed by atoms with E-state index >= 15 is 0 Å². The molecule has 2 aromatic carbocycles. The quantitative estimate of drug-likeness (QED) is 0.877. The average molecular weight is 326 g/mol. The molecule has 0 radical (unpaired) electrons. The van der Waals surface area contributed by atoms with Gasteiger partial charge in [-0.2, -0.15) is 8.42 Å². The molecule has 1 N–H and O–H groups in total. The van der Waals surface area contributed by atoms with Crippen molar-refractivity contribution < 1.29 is 17.9 Å². The highest BCUT2D eigenvalue weighted by Gasteiger charge is 2.14. The van der Waals surface area contributed by atoms with E-state index in [1.165, 1.54) is 4.72 Å². The lowest BCUT2D eigenvalue weighted by Crippen LogP contribution is -2.29. The third-order valence-electron chi connectivity index (χ3n) is 2.62. The molecule has 5 nitrogen and oxygen atoms in total. The SMILES string of the molecule is O=C(NS(=O)(=O)Cl)Oc1ccccc1Cc1ccccc1. The molecule has 2 rings (SSSR count). The average Bonchev–Trinajstić information content (AvgIpc) is 2.40. The third-order valence-corrected chi connectivity index (χ3v) is 3.26. The highest BCUT2D eigenvalue weighted by atomic mass is 35.7. The molecule has 0 aliphatic heterocycles. The molecule has 0 unspecified atom stereocenters. The van der Waals surface area contributed by atoms with Gasteiger partial charge in [0.15, 0.2) is 0 Å². The molecule has 1 amide bonds. The van der Waals surface area contributed by atoms with Crippen LogP contribution in [0.5, 0.6) is 5.75 Å². The highest BCUT2D eigenvalue weighted by molar-refractivity contribution is 8.12. The van der Waals surface area contributed by atoms with E-state index in [9.17, 15) is 13.2 Å².